The average molecular weight is 214 g/mol. The molecule has 0 aromatic heterocycles. The molecule has 5 heteroatoms. The van der Waals surface area contributed by atoms with Crippen molar-refractivity contribution in [2.24, 2.45) is 5.10 Å². The Balaban J connectivity index is 2.67. The SMILES string of the molecule is CCC1=NN(C(=O)CCO)OC(CC)C1. The molecular weight excluding hydrogens is 196 g/mol. The Hall–Kier alpha value is -0.940. The molecule has 0 spiro atoms. The molecule has 1 amide bonds. The van der Waals surface area contributed by atoms with Gasteiger partial charge in [-0.2, -0.15) is 5.10 Å². The smallest absolute Gasteiger partial charge is 0.271 e. The van der Waals surface area contributed by atoms with E-state index in [1.54, 1.807) is 0 Å². The topological polar surface area (TPSA) is 62.1 Å². The summed E-state index contributed by atoms with van der Waals surface area (Å²) in [6, 6.07) is 0. The minimum atomic E-state index is -0.290. The normalized spacial score (nSPS) is 21.4. The molecular formula is C10H18N2O3. The van der Waals surface area contributed by atoms with Gasteiger partial charge in [0.05, 0.1) is 19.1 Å². The van der Waals surface area contributed by atoms with Crippen LogP contribution in [0.3, 0.4) is 0 Å². The Kier molecular flexibility index (Phi) is 4.71. The third-order valence-electron chi connectivity index (χ3n) is 2.35. The second-order valence-electron chi connectivity index (χ2n) is 3.50. The number of carbonyl (C=O) groups is 1. The van der Waals surface area contributed by atoms with Crippen molar-refractivity contribution in [1.82, 2.24) is 5.17 Å². The van der Waals surface area contributed by atoms with Crippen molar-refractivity contribution >= 4 is 11.6 Å². The maximum Gasteiger partial charge on any atom is 0.271 e. The quantitative estimate of drug-likeness (QED) is 0.761. The predicted molar refractivity (Wildman–Crippen MR) is 56.1 cm³/mol. The van der Waals surface area contributed by atoms with Gasteiger partial charge in [-0.25, -0.2) is 4.84 Å². The molecule has 1 unspecified atom stereocenters. The fourth-order valence-electron chi connectivity index (χ4n) is 1.37. The lowest BCUT2D eigenvalue weighted by atomic mass is 10.1. The van der Waals surface area contributed by atoms with Gasteiger partial charge in [0.25, 0.3) is 5.91 Å². The molecule has 0 fully saturated rings. The van der Waals surface area contributed by atoms with Crippen LogP contribution in [-0.2, 0) is 9.63 Å². The van der Waals surface area contributed by atoms with E-state index in [1.807, 2.05) is 13.8 Å². The number of hydrazone groups is 1. The van der Waals surface area contributed by atoms with Crippen molar-refractivity contribution in [1.29, 1.82) is 0 Å². The highest BCUT2D eigenvalue weighted by molar-refractivity contribution is 5.86. The van der Waals surface area contributed by atoms with Crippen LogP contribution in [0.15, 0.2) is 5.10 Å². The standard InChI is InChI=1S/C10H18N2O3/c1-3-8-7-9(4-2)15-12(11-8)10(14)5-6-13/h9,13H,3-7H2,1-2H3. The van der Waals surface area contributed by atoms with E-state index in [1.165, 1.54) is 0 Å². The van der Waals surface area contributed by atoms with Crippen LogP contribution in [0.5, 0.6) is 0 Å². The molecule has 15 heavy (non-hydrogen) atoms. The molecule has 1 atom stereocenters. The van der Waals surface area contributed by atoms with Gasteiger partial charge in [0, 0.05) is 12.1 Å². The van der Waals surface area contributed by atoms with E-state index in [-0.39, 0.29) is 25.0 Å². The number of rotatable bonds is 4. The van der Waals surface area contributed by atoms with Gasteiger partial charge in [-0.05, 0) is 12.8 Å². The summed E-state index contributed by atoms with van der Waals surface area (Å²) in [5.41, 5.74) is 0.972. The lowest BCUT2D eigenvalue weighted by Crippen LogP contribution is -2.37. The summed E-state index contributed by atoms with van der Waals surface area (Å²) in [5, 5.41) is 13.8. The van der Waals surface area contributed by atoms with Gasteiger partial charge >= 0.3 is 0 Å². The zero-order valence-corrected chi connectivity index (χ0v) is 9.27. The van der Waals surface area contributed by atoms with Crippen LogP contribution in [0.2, 0.25) is 0 Å². The van der Waals surface area contributed by atoms with Crippen molar-refractivity contribution in [2.45, 2.75) is 45.6 Å². The monoisotopic (exact) mass is 214 g/mol. The third-order valence-corrected chi connectivity index (χ3v) is 2.35. The van der Waals surface area contributed by atoms with Crippen LogP contribution in [0.4, 0.5) is 0 Å². The minimum absolute atomic E-state index is 0.0279. The van der Waals surface area contributed by atoms with Crippen molar-refractivity contribution in [3.05, 3.63) is 0 Å². The Morgan fingerprint density at radius 1 is 1.67 bits per heavy atom. The van der Waals surface area contributed by atoms with E-state index in [0.29, 0.717) is 0 Å². The number of carbonyl (C=O) groups excluding carboxylic acids is 1. The fraction of sp³-hybridized carbons (Fsp3) is 0.800. The molecule has 0 saturated carbocycles. The summed E-state index contributed by atoms with van der Waals surface area (Å²) in [6.45, 7) is 3.84. The highest BCUT2D eigenvalue weighted by atomic mass is 16.7. The highest BCUT2D eigenvalue weighted by Crippen LogP contribution is 2.17. The zero-order chi connectivity index (χ0) is 11.3. The number of amides is 1. The number of aliphatic hydroxyl groups is 1. The second-order valence-corrected chi connectivity index (χ2v) is 3.50. The van der Waals surface area contributed by atoms with E-state index >= 15 is 0 Å². The van der Waals surface area contributed by atoms with Gasteiger partial charge < -0.3 is 5.11 Å². The van der Waals surface area contributed by atoms with Gasteiger partial charge in [-0.1, -0.05) is 13.8 Å². The molecule has 0 bridgehead atoms. The summed E-state index contributed by atoms with van der Waals surface area (Å²) in [4.78, 5) is 16.8. The maximum absolute atomic E-state index is 11.5. The Bertz CT molecular complexity index is 253. The van der Waals surface area contributed by atoms with Crippen LogP contribution in [0.1, 0.15) is 39.5 Å². The van der Waals surface area contributed by atoms with Crippen LogP contribution in [0.25, 0.3) is 0 Å². The Morgan fingerprint density at radius 3 is 2.93 bits per heavy atom. The first-order valence-electron chi connectivity index (χ1n) is 5.38. The van der Waals surface area contributed by atoms with Crippen molar-refractivity contribution in [3.8, 4) is 0 Å². The molecule has 0 saturated heterocycles. The molecule has 1 rings (SSSR count). The van der Waals surface area contributed by atoms with Gasteiger partial charge in [-0.15, -0.1) is 5.17 Å². The van der Waals surface area contributed by atoms with Crippen molar-refractivity contribution < 1.29 is 14.7 Å². The van der Waals surface area contributed by atoms with E-state index < -0.39 is 0 Å². The maximum atomic E-state index is 11.5. The molecule has 1 N–H and O–H groups in total. The van der Waals surface area contributed by atoms with Gasteiger partial charge in [0.2, 0.25) is 0 Å². The minimum Gasteiger partial charge on any atom is -0.396 e. The number of hydrogen-bond acceptors (Lipinski definition) is 4. The van der Waals surface area contributed by atoms with Crippen LogP contribution in [0, 0.1) is 0 Å². The number of nitrogens with zero attached hydrogens (tertiary/aromatic N) is 2. The number of hydrogen-bond donors (Lipinski definition) is 1. The molecule has 1 aliphatic heterocycles. The fourth-order valence-corrected chi connectivity index (χ4v) is 1.37. The predicted octanol–water partition coefficient (Wildman–Crippen LogP) is 1.08. The van der Waals surface area contributed by atoms with E-state index in [0.717, 1.165) is 30.1 Å². The summed E-state index contributed by atoms with van der Waals surface area (Å²) in [7, 11) is 0. The van der Waals surface area contributed by atoms with Crippen molar-refractivity contribution in [2.75, 3.05) is 6.61 Å². The molecule has 0 radical (unpaired) electrons. The van der Waals surface area contributed by atoms with E-state index in [9.17, 15) is 4.79 Å². The molecule has 0 aliphatic carbocycles. The second kappa shape index (κ2) is 5.82. The third kappa shape index (κ3) is 3.28. The van der Waals surface area contributed by atoms with E-state index in [4.69, 9.17) is 9.94 Å². The zero-order valence-electron chi connectivity index (χ0n) is 9.27. The van der Waals surface area contributed by atoms with Gasteiger partial charge in [0.1, 0.15) is 0 Å². The summed E-state index contributed by atoms with van der Waals surface area (Å²) in [6.07, 6.45) is 2.54. The van der Waals surface area contributed by atoms with Gasteiger partial charge in [0.15, 0.2) is 0 Å². The van der Waals surface area contributed by atoms with Crippen LogP contribution >= 0.6 is 0 Å². The van der Waals surface area contributed by atoms with E-state index in [2.05, 4.69) is 5.10 Å². The summed E-state index contributed by atoms with van der Waals surface area (Å²) in [5.74, 6) is -0.290. The molecule has 1 heterocycles. The highest BCUT2D eigenvalue weighted by Gasteiger charge is 2.24. The molecule has 1 aliphatic rings. The first kappa shape index (κ1) is 12.1. The van der Waals surface area contributed by atoms with Crippen LogP contribution in [-0.4, -0.2) is 34.6 Å². The Labute approximate surface area is 89.7 Å². The molecule has 0 aromatic rings. The molecule has 86 valence electrons. The first-order valence-corrected chi connectivity index (χ1v) is 5.38. The molecule has 0 aromatic carbocycles. The Morgan fingerprint density at radius 2 is 2.40 bits per heavy atom. The lowest BCUT2D eigenvalue weighted by molar-refractivity contribution is -0.211. The summed E-state index contributed by atoms with van der Waals surface area (Å²) >= 11 is 0. The van der Waals surface area contributed by atoms with Crippen molar-refractivity contribution in [3.63, 3.8) is 0 Å². The lowest BCUT2D eigenvalue weighted by Gasteiger charge is -2.28. The number of hydroxylamine groups is 1. The number of aliphatic hydroxyl groups excluding tert-OH is 1. The molecule has 5 nitrogen and oxygen atoms in total. The largest absolute Gasteiger partial charge is 0.396 e. The first-order chi connectivity index (χ1) is 7.21. The van der Waals surface area contributed by atoms with Gasteiger partial charge in [-0.3, -0.25) is 4.79 Å². The van der Waals surface area contributed by atoms with Crippen LogP contribution < -0.4 is 0 Å². The average Bonchev–Trinajstić information content (AvgIpc) is 2.28. The summed E-state index contributed by atoms with van der Waals surface area (Å²) < 4.78 is 0.